The van der Waals surface area contributed by atoms with Crippen LogP contribution in [0.15, 0.2) is 83.3 Å². The van der Waals surface area contributed by atoms with Gasteiger partial charge in [-0.25, -0.2) is 0 Å². The second-order valence-electron chi connectivity index (χ2n) is 8.48. The van der Waals surface area contributed by atoms with Crippen LogP contribution in [0, 0.1) is 0 Å². The number of hydrogen-bond acceptors (Lipinski definition) is 4. The molecule has 184 valence electrons. The molecule has 0 unspecified atom stereocenters. The summed E-state index contributed by atoms with van der Waals surface area (Å²) in [5.74, 6) is 0.776. The maximum Gasteiger partial charge on any atom is 0.261 e. The predicted octanol–water partition coefficient (Wildman–Crippen LogP) is 5.00. The monoisotopic (exact) mass is 538 g/mol. The highest BCUT2D eigenvalue weighted by Gasteiger charge is 2.31. The molecule has 3 aromatic carbocycles. The molecular formula is C28H31BrN2O4. The number of ether oxygens (including phenoxy) is 2. The van der Waals surface area contributed by atoms with E-state index in [1.807, 2.05) is 68.4 Å². The van der Waals surface area contributed by atoms with Crippen molar-refractivity contribution >= 4 is 27.7 Å². The normalized spacial score (nSPS) is 11.6. The van der Waals surface area contributed by atoms with E-state index in [4.69, 9.17) is 9.47 Å². The highest BCUT2D eigenvalue weighted by Crippen LogP contribution is 2.20. The molecule has 0 spiro atoms. The molecule has 0 aliphatic rings. The van der Waals surface area contributed by atoms with Gasteiger partial charge in [0, 0.05) is 23.5 Å². The quantitative estimate of drug-likeness (QED) is 0.373. The molecule has 3 rings (SSSR count). The summed E-state index contributed by atoms with van der Waals surface area (Å²) in [6.07, 6.45) is 0.391. The van der Waals surface area contributed by atoms with Crippen molar-refractivity contribution in [1.82, 2.24) is 10.2 Å². The third kappa shape index (κ3) is 8.14. The molecule has 0 heterocycles. The number of methoxy groups -OCH3 is 1. The maximum absolute atomic E-state index is 13.5. The van der Waals surface area contributed by atoms with Gasteiger partial charge in [-0.3, -0.25) is 9.59 Å². The lowest BCUT2D eigenvalue weighted by molar-refractivity contribution is -0.143. The largest absolute Gasteiger partial charge is 0.497 e. The van der Waals surface area contributed by atoms with Crippen molar-refractivity contribution in [3.05, 3.63) is 94.5 Å². The lowest BCUT2D eigenvalue weighted by atomic mass is 10.0. The molecule has 0 bridgehead atoms. The first-order valence-electron chi connectivity index (χ1n) is 11.5. The topological polar surface area (TPSA) is 67.9 Å². The molecule has 3 aromatic rings. The van der Waals surface area contributed by atoms with Gasteiger partial charge in [0.1, 0.15) is 17.5 Å². The molecule has 1 atom stereocenters. The van der Waals surface area contributed by atoms with Crippen molar-refractivity contribution in [2.24, 2.45) is 0 Å². The number of benzene rings is 3. The van der Waals surface area contributed by atoms with Crippen molar-refractivity contribution < 1.29 is 19.1 Å². The second kappa shape index (κ2) is 13.0. The Bertz CT molecular complexity index is 1100. The Morgan fingerprint density at radius 3 is 2.20 bits per heavy atom. The number of halogens is 1. The van der Waals surface area contributed by atoms with E-state index in [1.54, 1.807) is 36.3 Å². The van der Waals surface area contributed by atoms with E-state index in [9.17, 15) is 9.59 Å². The second-order valence-corrected chi connectivity index (χ2v) is 9.40. The van der Waals surface area contributed by atoms with Gasteiger partial charge in [-0.05, 0) is 61.4 Å². The van der Waals surface area contributed by atoms with E-state index in [1.165, 1.54) is 0 Å². The molecule has 2 amide bonds. The summed E-state index contributed by atoms with van der Waals surface area (Å²) in [6.45, 7) is 3.89. The lowest BCUT2D eigenvalue weighted by Crippen LogP contribution is -2.52. The zero-order chi connectivity index (χ0) is 25.2. The minimum atomic E-state index is -0.703. The Labute approximate surface area is 215 Å². The lowest BCUT2D eigenvalue weighted by Gasteiger charge is -2.32. The average Bonchev–Trinajstić information content (AvgIpc) is 2.85. The van der Waals surface area contributed by atoms with Crippen LogP contribution in [0.2, 0.25) is 0 Å². The fourth-order valence-corrected chi connectivity index (χ4v) is 4.11. The fourth-order valence-electron chi connectivity index (χ4n) is 3.67. The minimum absolute atomic E-state index is 0.0563. The molecule has 0 saturated carbocycles. The Kier molecular flexibility index (Phi) is 9.73. The van der Waals surface area contributed by atoms with Crippen LogP contribution >= 0.6 is 15.9 Å². The smallest absolute Gasteiger partial charge is 0.261 e. The minimum Gasteiger partial charge on any atom is -0.497 e. The van der Waals surface area contributed by atoms with Crippen molar-refractivity contribution in [2.45, 2.75) is 38.9 Å². The van der Waals surface area contributed by atoms with Crippen LogP contribution in [0.4, 0.5) is 0 Å². The van der Waals surface area contributed by atoms with Gasteiger partial charge in [0.05, 0.1) is 7.11 Å². The van der Waals surface area contributed by atoms with Crippen LogP contribution in [0.3, 0.4) is 0 Å². The number of nitrogens with zero attached hydrogens (tertiary/aromatic N) is 1. The number of carbonyl (C=O) groups excluding carboxylic acids is 2. The van der Waals surface area contributed by atoms with E-state index in [2.05, 4.69) is 21.2 Å². The van der Waals surface area contributed by atoms with Gasteiger partial charge in [-0.2, -0.15) is 0 Å². The first-order valence-corrected chi connectivity index (χ1v) is 12.3. The molecule has 7 heteroatoms. The van der Waals surface area contributed by atoms with Crippen molar-refractivity contribution in [1.29, 1.82) is 0 Å². The van der Waals surface area contributed by atoms with E-state index in [0.717, 1.165) is 15.6 Å². The number of rotatable bonds is 11. The van der Waals surface area contributed by atoms with Crippen molar-refractivity contribution in [2.75, 3.05) is 13.7 Å². The van der Waals surface area contributed by atoms with E-state index in [0.29, 0.717) is 17.9 Å². The van der Waals surface area contributed by atoms with E-state index in [-0.39, 0.29) is 31.0 Å². The molecule has 6 nitrogen and oxygen atoms in total. The van der Waals surface area contributed by atoms with Crippen molar-refractivity contribution in [3.8, 4) is 11.5 Å². The SMILES string of the molecule is COc1ccc(OCC(=O)N(Cc2cccc(Br)c2)[C@H](Cc2ccccc2)C(=O)NC(C)C)cc1. The first kappa shape index (κ1) is 26.3. The summed E-state index contributed by atoms with van der Waals surface area (Å²) in [5.41, 5.74) is 1.88. The van der Waals surface area contributed by atoms with Crippen LogP contribution in [0.1, 0.15) is 25.0 Å². The fraction of sp³-hybridized carbons (Fsp3) is 0.286. The summed E-state index contributed by atoms with van der Waals surface area (Å²) in [6, 6.07) is 23.7. The van der Waals surface area contributed by atoms with Gasteiger partial charge in [0.25, 0.3) is 5.91 Å². The van der Waals surface area contributed by atoms with Gasteiger partial charge < -0.3 is 19.7 Å². The predicted molar refractivity (Wildman–Crippen MR) is 140 cm³/mol. The zero-order valence-electron chi connectivity index (χ0n) is 20.2. The summed E-state index contributed by atoms with van der Waals surface area (Å²) in [4.78, 5) is 28.5. The summed E-state index contributed by atoms with van der Waals surface area (Å²) >= 11 is 3.50. The number of nitrogens with one attached hydrogen (secondary N) is 1. The van der Waals surface area contributed by atoms with Gasteiger partial charge in [0.2, 0.25) is 5.91 Å². The summed E-state index contributed by atoms with van der Waals surface area (Å²) in [5, 5.41) is 2.99. The molecular weight excluding hydrogens is 508 g/mol. The Balaban J connectivity index is 1.88. The molecule has 0 aliphatic carbocycles. The van der Waals surface area contributed by atoms with Gasteiger partial charge in [0.15, 0.2) is 6.61 Å². The van der Waals surface area contributed by atoms with Crippen LogP contribution in [0.25, 0.3) is 0 Å². The first-order chi connectivity index (χ1) is 16.9. The molecule has 0 fully saturated rings. The average molecular weight is 539 g/mol. The summed E-state index contributed by atoms with van der Waals surface area (Å²) in [7, 11) is 1.59. The number of carbonyl (C=O) groups is 2. The molecule has 0 aromatic heterocycles. The molecule has 1 N–H and O–H groups in total. The molecule has 35 heavy (non-hydrogen) atoms. The highest BCUT2D eigenvalue weighted by molar-refractivity contribution is 9.10. The maximum atomic E-state index is 13.5. The molecule has 0 saturated heterocycles. The summed E-state index contributed by atoms with van der Waals surface area (Å²) < 4.78 is 11.9. The highest BCUT2D eigenvalue weighted by atomic mass is 79.9. The van der Waals surface area contributed by atoms with Crippen LogP contribution in [-0.4, -0.2) is 42.5 Å². The standard InChI is InChI=1S/C28H31BrN2O4/c1-20(2)30-28(33)26(17-21-8-5-4-6-9-21)31(18-22-10-7-11-23(29)16-22)27(32)19-35-25-14-12-24(34-3)13-15-25/h4-16,20,26H,17-19H2,1-3H3,(H,30,33)/t26-/m1/s1. The van der Waals surface area contributed by atoms with Crippen LogP contribution in [-0.2, 0) is 22.6 Å². The Morgan fingerprint density at radius 1 is 0.914 bits per heavy atom. The van der Waals surface area contributed by atoms with Gasteiger partial charge >= 0.3 is 0 Å². The third-order valence-corrected chi connectivity index (χ3v) is 5.86. The zero-order valence-corrected chi connectivity index (χ0v) is 21.8. The Morgan fingerprint density at radius 2 is 1.57 bits per heavy atom. The van der Waals surface area contributed by atoms with Gasteiger partial charge in [-0.1, -0.05) is 58.4 Å². The number of amides is 2. The van der Waals surface area contributed by atoms with Crippen molar-refractivity contribution in [3.63, 3.8) is 0 Å². The van der Waals surface area contributed by atoms with E-state index >= 15 is 0 Å². The molecule has 0 radical (unpaired) electrons. The Hall–Kier alpha value is -3.32. The van der Waals surface area contributed by atoms with E-state index < -0.39 is 6.04 Å². The molecule has 0 aliphatic heterocycles. The van der Waals surface area contributed by atoms with Crippen LogP contribution < -0.4 is 14.8 Å². The third-order valence-electron chi connectivity index (χ3n) is 5.37. The van der Waals surface area contributed by atoms with Gasteiger partial charge in [-0.15, -0.1) is 0 Å². The number of hydrogen-bond donors (Lipinski definition) is 1. The van der Waals surface area contributed by atoms with Crippen LogP contribution in [0.5, 0.6) is 11.5 Å².